The van der Waals surface area contributed by atoms with Crippen LogP contribution in [0.25, 0.3) is 0 Å². The lowest BCUT2D eigenvalue weighted by atomic mass is 10.1. The van der Waals surface area contributed by atoms with Crippen LogP contribution in [-0.4, -0.2) is 28.3 Å². The van der Waals surface area contributed by atoms with Crippen LogP contribution < -0.4 is 10.6 Å². The van der Waals surface area contributed by atoms with Gasteiger partial charge >= 0.3 is 6.03 Å². The van der Waals surface area contributed by atoms with Gasteiger partial charge in [0.1, 0.15) is 11.6 Å². The Morgan fingerprint density at radius 3 is 2.78 bits per heavy atom. The summed E-state index contributed by atoms with van der Waals surface area (Å²) in [6.07, 6.45) is 1.79. The summed E-state index contributed by atoms with van der Waals surface area (Å²) in [5.74, 6) is -1.24. The van der Waals surface area contributed by atoms with Gasteiger partial charge in [-0.3, -0.25) is 5.32 Å². The minimum Gasteiger partial charge on any atom is -0.394 e. The summed E-state index contributed by atoms with van der Waals surface area (Å²) < 4.78 is 26.5. The van der Waals surface area contributed by atoms with Crippen molar-refractivity contribution in [3.05, 3.63) is 46.5 Å². The largest absolute Gasteiger partial charge is 0.394 e. The summed E-state index contributed by atoms with van der Waals surface area (Å²) in [5.41, 5.74) is -0.394. The molecule has 2 rings (SSSR count). The molecule has 1 heterocycles. The topological polar surface area (TPSA) is 74.2 Å². The maximum Gasteiger partial charge on any atom is 0.321 e. The van der Waals surface area contributed by atoms with Crippen LogP contribution >= 0.6 is 11.3 Å². The van der Waals surface area contributed by atoms with Gasteiger partial charge < -0.3 is 10.4 Å². The second-order valence-electron chi connectivity index (χ2n) is 5.67. The Bertz CT molecular complexity index is 704. The van der Waals surface area contributed by atoms with E-state index in [4.69, 9.17) is 5.11 Å². The molecular formula is C15H17F2N3O2S. The van der Waals surface area contributed by atoms with Crippen molar-refractivity contribution in [2.75, 3.05) is 11.9 Å². The smallest absolute Gasteiger partial charge is 0.321 e. The molecule has 0 spiro atoms. The van der Waals surface area contributed by atoms with Gasteiger partial charge in [0.05, 0.1) is 12.1 Å². The van der Waals surface area contributed by atoms with Gasteiger partial charge in [-0.2, -0.15) is 0 Å². The Morgan fingerprint density at radius 2 is 2.13 bits per heavy atom. The molecule has 0 atom stereocenters. The number of aromatic nitrogens is 1. The first-order valence-electron chi connectivity index (χ1n) is 6.88. The number of thiazole rings is 1. The first kappa shape index (κ1) is 17.3. The van der Waals surface area contributed by atoms with Crippen LogP contribution in [0, 0.1) is 11.6 Å². The normalized spacial score (nSPS) is 11.3. The van der Waals surface area contributed by atoms with Crippen LogP contribution in [0.15, 0.2) is 24.4 Å². The summed E-state index contributed by atoms with van der Waals surface area (Å²) >= 11 is 1.20. The summed E-state index contributed by atoms with van der Waals surface area (Å²) in [5, 5.41) is 14.6. The van der Waals surface area contributed by atoms with E-state index in [9.17, 15) is 13.6 Å². The Morgan fingerprint density at radius 1 is 1.39 bits per heavy atom. The molecule has 2 aromatic rings. The Hall–Kier alpha value is -2.06. The third-order valence-corrected chi connectivity index (χ3v) is 3.91. The molecule has 0 aliphatic carbocycles. The molecule has 0 unspecified atom stereocenters. The van der Waals surface area contributed by atoms with Crippen molar-refractivity contribution in [2.24, 2.45) is 0 Å². The van der Waals surface area contributed by atoms with Crippen molar-refractivity contribution in [3.63, 3.8) is 0 Å². The SMILES string of the molecule is CC(C)(CO)NC(=O)Nc1ncc(Cc2ccc(F)cc2F)s1. The highest BCUT2D eigenvalue weighted by Crippen LogP contribution is 2.22. The highest BCUT2D eigenvalue weighted by atomic mass is 32.1. The number of anilines is 1. The number of nitrogens with one attached hydrogen (secondary N) is 2. The zero-order valence-electron chi connectivity index (χ0n) is 12.7. The van der Waals surface area contributed by atoms with Gasteiger partial charge in [-0.25, -0.2) is 18.6 Å². The lowest BCUT2D eigenvalue weighted by Crippen LogP contribution is -2.48. The zero-order valence-corrected chi connectivity index (χ0v) is 13.5. The highest BCUT2D eigenvalue weighted by molar-refractivity contribution is 7.15. The molecular weight excluding hydrogens is 324 g/mol. The van der Waals surface area contributed by atoms with Gasteiger partial charge in [0.15, 0.2) is 5.13 Å². The van der Waals surface area contributed by atoms with Crippen molar-refractivity contribution in [1.29, 1.82) is 0 Å². The number of rotatable bonds is 5. The van der Waals surface area contributed by atoms with Gasteiger partial charge in [0, 0.05) is 23.6 Å². The number of halogens is 2. The number of amides is 2. The number of urea groups is 1. The van der Waals surface area contributed by atoms with Crippen molar-refractivity contribution in [1.82, 2.24) is 10.3 Å². The van der Waals surface area contributed by atoms with Gasteiger partial charge in [0.2, 0.25) is 0 Å². The number of carbonyl (C=O) groups is 1. The van der Waals surface area contributed by atoms with E-state index in [1.54, 1.807) is 13.8 Å². The fourth-order valence-electron chi connectivity index (χ4n) is 1.78. The molecule has 0 fully saturated rings. The van der Waals surface area contributed by atoms with Crippen molar-refractivity contribution in [3.8, 4) is 0 Å². The average molecular weight is 341 g/mol. The van der Waals surface area contributed by atoms with E-state index in [1.807, 2.05) is 0 Å². The standard InChI is InChI=1S/C15H17F2N3O2S/c1-15(2,8-21)20-13(22)19-14-18-7-11(23-14)5-9-3-4-10(16)6-12(9)17/h3-4,6-7,21H,5,8H2,1-2H3,(H2,18,19,20,22). The van der Waals surface area contributed by atoms with E-state index >= 15 is 0 Å². The third kappa shape index (κ3) is 4.97. The van der Waals surface area contributed by atoms with Gasteiger partial charge in [0.25, 0.3) is 0 Å². The molecule has 1 aromatic carbocycles. The maximum absolute atomic E-state index is 13.6. The summed E-state index contributed by atoms with van der Waals surface area (Å²) in [4.78, 5) is 16.5. The summed E-state index contributed by atoms with van der Waals surface area (Å²) in [7, 11) is 0. The van der Waals surface area contributed by atoms with Crippen LogP contribution in [-0.2, 0) is 6.42 Å². The van der Waals surface area contributed by atoms with Crippen LogP contribution in [0.3, 0.4) is 0 Å². The number of aliphatic hydroxyl groups is 1. The summed E-state index contributed by atoms with van der Waals surface area (Å²) in [6, 6.07) is 2.93. The molecule has 1 aromatic heterocycles. The summed E-state index contributed by atoms with van der Waals surface area (Å²) in [6.45, 7) is 3.15. The quantitative estimate of drug-likeness (QED) is 0.783. The molecule has 0 saturated carbocycles. The number of nitrogens with zero attached hydrogens (tertiary/aromatic N) is 1. The van der Waals surface area contributed by atoms with Crippen LogP contribution in [0.2, 0.25) is 0 Å². The third-order valence-electron chi connectivity index (χ3n) is 3.00. The molecule has 5 nitrogen and oxygen atoms in total. The van der Waals surface area contributed by atoms with E-state index in [0.29, 0.717) is 10.7 Å². The lowest BCUT2D eigenvalue weighted by molar-refractivity contribution is 0.187. The first-order chi connectivity index (χ1) is 10.8. The molecule has 0 bridgehead atoms. The predicted molar refractivity (Wildman–Crippen MR) is 84.6 cm³/mol. The number of carbonyl (C=O) groups excluding carboxylic acids is 1. The number of aliphatic hydroxyl groups excluding tert-OH is 1. The zero-order chi connectivity index (χ0) is 17.0. The second-order valence-corrected chi connectivity index (χ2v) is 6.78. The minimum absolute atomic E-state index is 0.201. The van der Waals surface area contributed by atoms with E-state index in [0.717, 1.165) is 10.9 Å². The van der Waals surface area contributed by atoms with Crippen LogP contribution in [0.1, 0.15) is 24.3 Å². The molecule has 2 amide bonds. The molecule has 124 valence electrons. The molecule has 0 saturated heterocycles. The average Bonchev–Trinajstić information content (AvgIpc) is 2.88. The van der Waals surface area contributed by atoms with E-state index < -0.39 is 23.2 Å². The maximum atomic E-state index is 13.6. The Balaban J connectivity index is 1.99. The lowest BCUT2D eigenvalue weighted by Gasteiger charge is -2.23. The second kappa shape index (κ2) is 7.01. The number of hydrogen-bond donors (Lipinski definition) is 3. The molecule has 8 heteroatoms. The van der Waals surface area contributed by atoms with Crippen molar-refractivity contribution >= 4 is 22.5 Å². The molecule has 0 aliphatic rings. The molecule has 0 radical (unpaired) electrons. The Kier molecular flexibility index (Phi) is 5.27. The van der Waals surface area contributed by atoms with Gasteiger partial charge in [-0.05, 0) is 25.5 Å². The fraction of sp³-hybridized carbons (Fsp3) is 0.333. The predicted octanol–water partition coefficient (Wildman–Crippen LogP) is 2.90. The Labute approximate surface area is 136 Å². The van der Waals surface area contributed by atoms with Crippen LogP contribution in [0.5, 0.6) is 0 Å². The van der Waals surface area contributed by atoms with Crippen LogP contribution in [0.4, 0.5) is 18.7 Å². The van der Waals surface area contributed by atoms with Crippen molar-refractivity contribution in [2.45, 2.75) is 25.8 Å². The van der Waals surface area contributed by atoms with Gasteiger partial charge in [-0.15, -0.1) is 11.3 Å². The van der Waals surface area contributed by atoms with E-state index in [1.165, 1.54) is 29.7 Å². The molecule has 0 aliphatic heterocycles. The number of benzene rings is 1. The van der Waals surface area contributed by atoms with E-state index in [2.05, 4.69) is 15.6 Å². The fourth-order valence-corrected chi connectivity index (χ4v) is 2.61. The highest BCUT2D eigenvalue weighted by Gasteiger charge is 2.19. The van der Waals surface area contributed by atoms with Gasteiger partial charge in [-0.1, -0.05) is 6.07 Å². The monoisotopic (exact) mass is 341 g/mol. The minimum atomic E-state index is -0.749. The number of hydrogen-bond acceptors (Lipinski definition) is 4. The molecule has 23 heavy (non-hydrogen) atoms. The first-order valence-corrected chi connectivity index (χ1v) is 7.69. The van der Waals surface area contributed by atoms with E-state index in [-0.39, 0.29) is 13.0 Å². The van der Waals surface area contributed by atoms with Crippen molar-refractivity contribution < 1.29 is 18.7 Å². The molecule has 3 N–H and O–H groups in total.